The molecule has 0 spiro atoms. The first-order chi connectivity index (χ1) is 12.8. The zero-order valence-electron chi connectivity index (χ0n) is 14.8. The van der Waals surface area contributed by atoms with Gasteiger partial charge in [0.1, 0.15) is 0 Å². The van der Waals surface area contributed by atoms with Crippen LogP contribution in [0.15, 0.2) is 91.0 Å². The molecule has 0 N–H and O–H groups in total. The lowest BCUT2D eigenvalue weighted by Crippen LogP contribution is -2.32. The molecule has 1 heterocycles. The van der Waals surface area contributed by atoms with Gasteiger partial charge in [-0.25, -0.2) is 0 Å². The summed E-state index contributed by atoms with van der Waals surface area (Å²) in [5.41, 5.74) is 4.01. The van der Waals surface area contributed by atoms with Gasteiger partial charge in [-0.1, -0.05) is 103 Å². The van der Waals surface area contributed by atoms with Gasteiger partial charge in [0.25, 0.3) is 0 Å². The SMILES string of the molecule is S=C(Cc1ccccc1)N1[C@@H](c2ccccc2)CC[C@@H]1c1ccccc1. The van der Waals surface area contributed by atoms with Crippen LogP contribution in [0.3, 0.4) is 0 Å². The van der Waals surface area contributed by atoms with Crippen LogP contribution in [0.2, 0.25) is 0 Å². The summed E-state index contributed by atoms with van der Waals surface area (Å²) >= 11 is 5.98. The van der Waals surface area contributed by atoms with Crippen molar-refractivity contribution in [3.05, 3.63) is 108 Å². The Balaban J connectivity index is 1.66. The van der Waals surface area contributed by atoms with Crippen LogP contribution in [0, 0.1) is 0 Å². The molecule has 1 aliphatic heterocycles. The number of hydrogen-bond donors (Lipinski definition) is 0. The Labute approximate surface area is 161 Å². The van der Waals surface area contributed by atoms with Crippen molar-refractivity contribution in [2.75, 3.05) is 0 Å². The smallest absolute Gasteiger partial charge is 0.0834 e. The average molecular weight is 358 g/mol. The maximum atomic E-state index is 5.98. The zero-order chi connectivity index (χ0) is 17.8. The summed E-state index contributed by atoms with van der Waals surface area (Å²) in [6.45, 7) is 0. The molecule has 3 aromatic rings. The lowest BCUT2D eigenvalue weighted by Gasteiger charge is -2.33. The Hall–Kier alpha value is -2.45. The molecule has 0 aliphatic carbocycles. The third-order valence-electron chi connectivity index (χ3n) is 5.24. The molecule has 0 aromatic heterocycles. The quantitative estimate of drug-likeness (QED) is 0.516. The highest BCUT2D eigenvalue weighted by Crippen LogP contribution is 2.44. The Morgan fingerprint density at radius 3 is 1.58 bits per heavy atom. The summed E-state index contributed by atoms with van der Waals surface area (Å²) in [7, 11) is 0. The summed E-state index contributed by atoms with van der Waals surface area (Å²) in [5.74, 6) is 0. The van der Waals surface area contributed by atoms with Crippen LogP contribution in [0.4, 0.5) is 0 Å². The minimum Gasteiger partial charge on any atom is -0.352 e. The van der Waals surface area contributed by atoms with E-state index in [4.69, 9.17) is 12.2 Å². The number of likely N-dealkylation sites (tertiary alicyclic amines) is 1. The number of nitrogens with zero attached hydrogens (tertiary/aromatic N) is 1. The van der Waals surface area contributed by atoms with Gasteiger partial charge in [0.15, 0.2) is 0 Å². The van der Waals surface area contributed by atoms with Gasteiger partial charge < -0.3 is 4.90 Å². The third kappa shape index (κ3) is 3.56. The molecule has 2 heteroatoms. The van der Waals surface area contributed by atoms with Crippen molar-refractivity contribution in [2.45, 2.75) is 31.3 Å². The second-order valence-electron chi connectivity index (χ2n) is 6.89. The predicted octanol–water partition coefficient (Wildman–Crippen LogP) is 6.13. The highest BCUT2D eigenvalue weighted by molar-refractivity contribution is 7.80. The summed E-state index contributed by atoms with van der Waals surface area (Å²) < 4.78 is 0. The molecule has 0 unspecified atom stereocenters. The highest BCUT2D eigenvalue weighted by atomic mass is 32.1. The van der Waals surface area contributed by atoms with Crippen molar-refractivity contribution >= 4 is 17.2 Å². The van der Waals surface area contributed by atoms with Crippen molar-refractivity contribution in [1.29, 1.82) is 0 Å². The van der Waals surface area contributed by atoms with Crippen LogP contribution in [0.25, 0.3) is 0 Å². The highest BCUT2D eigenvalue weighted by Gasteiger charge is 2.36. The summed E-state index contributed by atoms with van der Waals surface area (Å²) in [6, 6.07) is 32.9. The number of benzene rings is 3. The molecule has 0 bridgehead atoms. The fourth-order valence-electron chi connectivity index (χ4n) is 4.03. The average Bonchev–Trinajstić information content (AvgIpc) is 3.15. The van der Waals surface area contributed by atoms with E-state index >= 15 is 0 Å². The van der Waals surface area contributed by atoms with Crippen LogP contribution in [-0.2, 0) is 6.42 Å². The fourth-order valence-corrected chi connectivity index (χ4v) is 4.45. The van der Waals surface area contributed by atoms with Gasteiger partial charge in [0.05, 0.1) is 17.1 Å². The molecule has 0 amide bonds. The minimum absolute atomic E-state index is 0.359. The van der Waals surface area contributed by atoms with E-state index in [1.165, 1.54) is 16.7 Å². The maximum Gasteiger partial charge on any atom is 0.0834 e. The number of hydrogen-bond acceptors (Lipinski definition) is 1. The van der Waals surface area contributed by atoms with Gasteiger partial charge in [-0.15, -0.1) is 0 Å². The van der Waals surface area contributed by atoms with Crippen LogP contribution < -0.4 is 0 Å². The minimum atomic E-state index is 0.359. The van der Waals surface area contributed by atoms with E-state index in [9.17, 15) is 0 Å². The van der Waals surface area contributed by atoms with Crippen LogP contribution >= 0.6 is 12.2 Å². The number of thiocarbonyl (C=S) groups is 1. The molecule has 1 aliphatic rings. The second kappa shape index (κ2) is 7.84. The Morgan fingerprint density at radius 2 is 1.12 bits per heavy atom. The monoisotopic (exact) mass is 357 g/mol. The maximum absolute atomic E-state index is 5.98. The lowest BCUT2D eigenvalue weighted by molar-refractivity contribution is 0.324. The fraction of sp³-hybridized carbons (Fsp3) is 0.208. The first-order valence-corrected chi connectivity index (χ1v) is 9.69. The van der Waals surface area contributed by atoms with Gasteiger partial charge in [0.2, 0.25) is 0 Å². The molecule has 130 valence electrons. The van der Waals surface area contributed by atoms with E-state index in [-0.39, 0.29) is 0 Å². The van der Waals surface area contributed by atoms with E-state index in [2.05, 4.69) is 95.9 Å². The van der Waals surface area contributed by atoms with Gasteiger partial charge in [-0.3, -0.25) is 0 Å². The van der Waals surface area contributed by atoms with Crippen molar-refractivity contribution < 1.29 is 0 Å². The zero-order valence-corrected chi connectivity index (χ0v) is 15.6. The van der Waals surface area contributed by atoms with E-state index < -0.39 is 0 Å². The first-order valence-electron chi connectivity index (χ1n) is 9.28. The molecule has 1 saturated heterocycles. The molecule has 0 radical (unpaired) electrons. The van der Waals surface area contributed by atoms with Crippen molar-refractivity contribution in [1.82, 2.24) is 4.90 Å². The van der Waals surface area contributed by atoms with Crippen molar-refractivity contribution in [3.63, 3.8) is 0 Å². The molecular formula is C24H23NS. The van der Waals surface area contributed by atoms with E-state index in [0.717, 1.165) is 24.3 Å². The molecule has 4 rings (SSSR count). The Bertz CT molecular complexity index is 798. The third-order valence-corrected chi connectivity index (χ3v) is 5.60. The van der Waals surface area contributed by atoms with Gasteiger partial charge in [-0.2, -0.15) is 0 Å². The molecule has 1 nitrogen and oxygen atoms in total. The topological polar surface area (TPSA) is 3.24 Å². The lowest BCUT2D eigenvalue weighted by atomic mass is 10.0. The van der Waals surface area contributed by atoms with Crippen LogP contribution in [0.1, 0.15) is 41.6 Å². The van der Waals surface area contributed by atoms with E-state index in [1.54, 1.807) is 0 Å². The van der Waals surface area contributed by atoms with E-state index in [0.29, 0.717) is 12.1 Å². The molecule has 3 aromatic carbocycles. The first kappa shape index (κ1) is 17.0. The van der Waals surface area contributed by atoms with E-state index in [1.807, 2.05) is 0 Å². The summed E-state index contributed by atoms with van der Waals surface area (Å²) in [4.78, 5) is 3.53. The molecule has 0 saturated carbocycles. The van der Waals surface area contributed by atoms with Gasteiger partial charge in [0, 0.05) is 6.42 Å². The Morgan fingerprint density at radius 1 is 0.692 bits per heavy atom. The molecular weight excluding hydrogens is 334 g/mol. The van der Waals surface area contributed by atoms with Crippen LogP contribution in [-0.4, -0.2) is 9.89 Å². The largest absolute Gasteiger partial charge is 0.352 e. The number of rotatable bonds is 4. The molecule has 26 heavy (non-hydrogen) atoms. The summed E-state index contributed by atoms with van der Waals surface area (Å²) in [6.07, 6.45) is 3.10. The van der Waals surface area contributed by atoms with Crippen LogP contribution in [0.5, 0.6) is 0 Å². The Kier molecular flexibility index (Phi) is 5.12. The molecule has 1 fully saturated rings. The van der Waals surface area contributed by atoms with Crippen molar-refractivity contribution in [2.24, 2.45) is 0 Å². The van der Waals surface area contributed by atoms with Gasteiger partial charge in [-0.05, 0) is 29.5 Å². The summed E-state index contributed by atoms with van der Waals surface area (Å²) in [5, 5.41) is 0. The predicted molar refractivity (Wildman–Crippen MR) is 112 cm³/mol. The van der Waals surface area contributed by atoms with Gasteiger partial charge >= 0.3 is 0 Å². The van der Waals surface area contributed by atoms with Crippen molar-refractivity contribution in [3.8, 4) is 0 Å². The molecule has 2 atom stereocenters. The normalized spacial score (nSPS) is 19.5. The second-order valence-corrected chi connectivity index (χ2v) is 7.36. The standard InChI is InChI=1S/C24H23NS/c26-24(18-19-10-4-1-5-11-19)25-22(20-12-6-2-7-13-20)16-17-23(25)21-14-8-3-9-15-21/h1-15,22-23H,16-18H2/t22-,23-/m1/s1.